The smallest absolute Gasteiger partial charge is 0.238 e. The molecule has 0 fully saturated rings. The molecule has 0 N–H and O–H groups in total. The number of rotatable bonds is 2. The molecule has 0 radical (unpaired) electrons. The molecule has 0 unspecified atom stereocenters. The summed E-state index contributed by atoms with van der Waals surface area (Å²) < 4.78 is 38.2. The molecule has 0 bridgehead atoms. The molecule has 90 valence electrons. The van der Waals surface area contributed by atoms with Gasteiger partial charge in [-0.1, -0.05) is 11.6 Å². The number of alkyl halides is 3. The van der Waals surface area contributed by atoms with E-state index in [2.05, 4.69) is 9.97 Å². The zero-order chi connectivity index (χ0) is 12.5. The lowest BCUT2D eigenvalue weighted by Crippen LogP contribution is -2.05. The van der Waals surface area contributed by atoms with Crippen LogP contribution in [0.2, 0.25) is 5.15 Å². The van der Waals surface area contributed by atoms with Gasteiger partial charge in [0.15, 0.2) is 4.34 Å². The highest BCUT2D eigenvalue weighted by molar-refractivity contribution is 8.01. The summed E-state index contributed by atoms with van der Waals surface area (Å²) in [6, 6.07) is 1.76. The lowest BCUT2D eigenvalue weighted by Gasteiger charge is -2.08. The first-order valence-corrected chi connectivity index (χ1v) is 6.35. The van der Waals surface area contributed by atoms with Crippen molar-refractivity contribution in [1.29, 1.82) is 0 Å². The lowest BCUT2D eigenvalue weighted by molar-refractivity contribution is -0.137. The van der Waals surface area contributed by atoms with Crippen LogP contribution in [0.1, 0.15) is 5.56 Å². The fourth-order valence-electron chi connectivity index (χ4n) is 1.04. The van der Waals surface area contributed by atoms with Gasteiger partial charge in [-0.05, 0) is 23.9 Å². The molecule has 2 aromatic rings. The fourth-order valence-corrected chi connectivity index (χ4v) is 2.90. The monoisotopic (exact) mass is 296 g/mol. The topological polar surface area (TPSA) is 25.8 Å². The molecule has 17 heavy (non-hydrogen) atoms. The normalized spacial score (nSPS) is 11.8. The van der Waals surface area contributed by atoms with Crippen LogP contribution < -0.4 is 0 Å². The van der Waals surface area contributed by atoms with Crippen LogP contribution in [0.15, 0.2) is 33.1 Å². The number of hydrogen-bond donors (Lipinski definition) is 0. The summed E-state index contributed by atoms with van der Waals surface area (Å²) in [6.07, 6.45) is -2.85. The molecule has 0 aliphatic heterocycles. The average Bonchev–Trinajstić information content (AvgIpc) is 2.68. The number of halogens is 4. The number of aromatic nitrogens is 2. The standard InChI is InChI=1S/C9H4ClF3N2S2/c10-6-3-5(9(11,12)13)4-7(15-6)17-8-14-1-2-16-8/h1-4H. The van der Waals surface area contributed by atoms with Crippen molar-refractivity contribution in [2.75, 3.05) is 0 Å². The summed E-state index contributed by atoms with van der Waals surface area (Å²) in [6.45, 7) is 0. The van der Waals surface area contributed by atoms with Crippen LogP contribution in [-0.4, -0.2) is 9.97 Å². The number of hydrogen-bond acceptors (Lipinski definition) is 4. The van der Waals surface area contributed by atoms with E-state index in [0.29, 0.717) is 4.34 Å². The van der Waals surface area contributed by atoms with Gasteiger partial charge in [0.25, 0.3) is 0 Å². The maximum atomic E-state index is 12.5. The molecular formula is C9H4ClF3N2S2. The van der Waals surface area contributed by atoms with E-state index < -0.39 is 11.7 Å². The first-order chi connectivity index (χ1) is 7.95. The Kier molecular flexibility index (Phi) is 3.60. The van der Waals surface area contributed by atoms with Crippen LogP contribution in [0.25, 0.3) is 0 Å². The fraction of sp³-hybridized carbons (Fsp3) is 0.111. The Morgan fingerprint density at radius 3 is 2.65 bits per heavy atom. The quantitative estimate of drug-likeness (QED) is 0.770. The predicted molar refractivity (Wildman–Crippen MR) is 60.5 cm³/mol. The van der Waals surface area contributed by atoms with Crippen molar-refractivity contribution in [3.05, 3.63) is 34.4 Å². The summed E-state index contributed by atoms with van der Waals surface area (Å²) in [5.41, 5.74) is -0.809. The summed E-state index contributed by atoms with van der Waals surface area (Å²) in [5, 5.41) is 1.73. The minimum atomic E-state index is -4.43. The molecule has 2 nitrogen and oxygen atoms in total. The molecule has 0 saturated carbocycles. The van der Waals surface area contributed by atoms with Crippen molar-refractivity contribution in [1.82, 2.24) is 9.97 Å². The minimum absolute atomic E-state index is 0.180. The highest BCUT2D eigenvalue weighted by atomic mass is 35.5. The second-order valence-corrected chi connectivity index (χ2v) is 5.46. The van der Waals surface area contributed by atoms with E-state index in [9.17, 15) is 13.2 Å². The van der Waals surface area contributed by atoms with Crippen molar-refractivity contribution in [2.24, 2.45) is 0 Å². The highest BCUT2D eigenvalue weighted by Gasteiger charge is 2.31. The van der Waals surface area contributed by atoms with E-state index in [1.54, 1.807) is 11.6 Å². The second-order valence-electron chi connectivity index (χ2n) is 2.91. The van der Waals surface area contributed by atoms with Crippen molar-refractivity contribution in [3.8, 4) is 0 Å². The van der Waals surface area contributed by atoms with E-state index >= 15 is 0 Å². The van der Waals surface area contributed by atoms with Crippen LogP contribution >= 0.6 is 34.7 Å². The average molecular weight is 297 g/mol. The van der Waals surface area contributed by atoms with Gasteiger partial charge in [-0.15, -0.1) is 11.3 Å². The number of nitrogens with zero attached hydrogens (tertiary/aromatic N) is 2. The molecule has 0 aliphatic rings. The number of pyridine rings is 1. The van der Waals surface area contributed by atoms with Crippen molar-refractivity contribution in [3.63, 3.8) is 0 Å². The molecule has 0 saturated heterocycles. The van der Waals surface area contributed by atoms with Crippen LogP contribution in [0.4, 0.5) is 13.2 Å². The molecule has 0 aromatic carbocycles. The summed E-state index contributed by atoms with van der Waals surface area (Å²) >= 11 is 7.93. The first kappa shape index (κ1) is 12.7. The Hall–Kier alpha value is -0.790. The Balaban J connectivity index is 2.32. The van der Waals surface area contributed by atoms with E-state index in [0.717, 1.165) is 23.9 Å². The van der Waals surface area contributed by atoms with E-state index in [4.69, 9.17) is 11.6 Å². The van der Waals surface area contributed by atoms with Crippen molar-refractivity contribution < 1.29 is 13.2 Å². The molecule has 0 atom stereocenters. The largest absolute Gasteiger partial charge is 0.416 e. The number of thiazole rings is 1. The van der Waals surface area contributed by atoms with Gasteiger partial charge in [0.1, 0.15) is 10.2 Å². The highest BCUT2D eigenvalue weighted by Crippen LogP contribution is 2.35. The Morgan fingerprint density at radius 2 is 2.06 bits per heavy atom. The maximum absolute atomic E-state index is 12.5. The van der Waals surface area contributed by atoms with Crippen molar-refractivity contribution in [2.45, 2.75) is 15.5 Å². The molecule has 2 heterocycles. The summed E-state index contributed by atoms with van der Waals surface area (Å²) in [4.78, 5) is 7.77. The third-order valence-corrected chi connectivity index (χ3v) is 3.69. The van der Waals surface area contributed by atoms with Crippen LogP contribution in [0.5, 0.6) is 0 Å². The van der Waals surface area contributed by atoms with Crippen LogP contribution in [0.3, 0.4) is 0 Å². The van der Waals surface area contributed by atoms with Gasteiger partial charge in [-0.2, -0.15) is 13.2 Å². The Morgan fingerprint density at radius 1 is 1.29 bits per heavy atom. The van der Waals surface area contributed by atoms with Crippen molar-refractivity contribution >= 4 is 34.7 Å². The summed E-state index contributed by atoms with van der Waals surface area (Å²) in [5.74, 6) is 0. The van der Waals surface area contributed by atoms with Crippen LogP contribution in [-0.2, 0) is 6.18 Å². The molecule has 0 aliphatic carbocycles. The zero-order valence-electron chi connectivity index (χ0n) is 8.03. The van der Waals surface area contributed by atoms with Gasteiger partial charge >= 0.3 is 6.18 Å². The molecule has 8 heteroatoms. The lowest BCUT2D eigenvalue weighted by atomic mass is 10.3. The predicted octanol–water partition coefficient (Wildman–Crippen LogP) is 4.36. The van der Waals surface area contributed by atoms with Gasteiger partial charge in [0.2, 0.25) is 0 Å². The molecule has 2 aromatic heterocycles. The Labute approximate surface area is 108 Å². The van der Waals surface area contributed by atoms with Gasteiger partial charge in [0.05, 0.1) is 5.56 Å². The van der Waals surface area contributed by atoms with Gasteiger partial charge in [0, 0.05) is 11.6 Å². The van der Waals surface area contributed by atoms with E-state index in [1.165, 1.54) is 11.3 Å². The van der Waals surface area contributed by atoms with Crippen LogP contribution in [0, 0.1) is 0 Å². The third kappa shape index (κ3) is 3.34. The second kappa shape index (κ2) is 4.83. The summed E-state index contributed by atoms with van der Waals surface area (Å²) in [7, 11) is 0. The molecule has 0 amide bonds. The van der Waals surface area contributed by atoms with Gasteiger partial charge < -0.3 is 0 Å². The van der Waals surface area contributed by atoms with E-state index in [-0.39, 0.29) is 10.2 Å². The van der Waals surface area contributed by atoms with Gasteiger partial charge in [-0.3, -0.25) is 0 Å². The maximum Gasteiger partial charge on any atom is 0.416 e. The molecule has 0 spiro atoms. The third-order valence-electron chi connectivity index (χ3n) is 1.70. The molecule has 2 rings (SSSR count). The Bertz CT molecular complexity index is 513. The molecular weight excluding hydrogens is 293 g/mol. The SMILES string of the molecule is FC(F)(F)c1cc(Cl)nc(Sc2nccs2)c1. The first-order valence-electron chi connectivity index (χ1n) is 4.27. The van der Waals surface area contributed by atoms with E-state index in [1.807, 2.05) is 0 Å². The van der Waals surface area contributed by atoms with Gasteiger partial charge in [-0.25, -0.2) is 9.97 Å². The minimum Gasteiger partial charge on any atom is -0.238 e. The zero-order valence-corrected chi connectivity index (χ0v) is 10.4.